The number of piperidine rings is 1. The lowest BCUT2D eigenvalue weighted by Gasteiger charge is -2.25. The summed E-state index contributed by atoms with van der Waals surface area (Å²) in [5.41, 5.74) is 0.925. The standard InChI is InChI=1S/C23H29N3O5S2/c27-23(19-7-6-8-22(17-19)33(30,31)26-15-4-5-16-26)18-24-20-9-11-21(12-10-20)32(28,29)25-13-2-1-3-14-25/h6-12,17,24H,1-5,13-16,18H2. The first-order valence-electron chi connectivity index (χ1n) is 11.3. The van der Waals surface area contributed by atoms with Crippen LogP contribution in [0.5, 0.6) is 0 Å². The summed E-state index contributed by atoms with van der Waals surface area (Å²) in [6, 6.07) is 12.5. The second-order valence-corrected chi connectivity index (χ2v) is 12.3. The Morgan fingerprint density at radius 1 is 0.727 bits per heavy atom. The third kappa shape index (κ3) is 5.29. The van der Waals surface area contributed by atoms with Crippen LogP contribution in [0, 0.1) is 0 Å². The van der Waals surface area contributed by atoms with Crippen LogP contribution in [0.1, 0.15) is 42.5 Å². The second-order valence-electron chi connectivity index (χ2n) is 8.40. The van der Waals surface area contributed by atoms with Crippen molar-refractivity contribution in [3.05, 3.63) is 54.1 Å². The van der Waals surface area contributed by atoms with Crippen molar-refractivity contribution in [2.75, 3.05) is 38.0 Å². The van der Waals surface area contributed by atoms with Gasteiger partial charge < -0.3 is 5.32 Å². The number of rotatable bonds is 8. The van der Waals surface area contributed by atoms with Crippen molar-refractivity contribution in [2.45, 2.75) is 41.9 Å². The number of sulfonamides is 2. The van der Waals surface area contributed by atoms with Crippen molar-refractivity contribution in [3.8, 4) is 0 Å². The van der Waals surface area contributed by atoms with Crippen LogP contribution in [-0.2, 0) is 20.0 Å². The van der Waals surface area contributed by atoms with Crippen molar-refractivity contribution >= 4 is 31.5 Å². The molecule has 2 aromatic carbocycles. The van der Waals surface area contributed by atoms with E-state index in [-0.39, 0.29) is 22.1 Å². The van der Waals surface area contributed by atoms with E-state index in [9.17, 15) is 21.6 Å². The molecule has 10 heteroatoms. The number of anilines is 1. The number of hydrogen-bond acceptors (Lipinski definition) is 6. The highest BCUT2D eigenvalue weighted by molar-refractivity contribution is 7.89. The normalized spacial score (nSPS) is 18.3. The minimum Gasteiger partial charge on any atom is -0.378 e. The van der Waals surface area contributed by atoms with Gasteiger partial charge in [-0.15, -0.1) is 0 Å². The zero-order valence-corrected chi connectivity index (χ0v) is 20.1. The van der Waals surface area contributed by atoms with Crippen LogP contribution in [0.25, 0.3) is 0 Å². The minimum atomic E-state index is -3.59. The van der Waals surface area contributed by atoms with Crippen LogP contribution >= 0.6 is 0 Å². The van der Waals surface area contributed by atoms with Gasteiger partial charge in [-0.1, -0.05) is 18.6 Å². The van der Waals surface area contributed by atoms with Crippen LogP contribution in [0.3, 0.4) is 0 Å². The molecule has 2 heterocycles. The molecule has 2 aromatic rings. The Labute approximate surface area is 195 Å². The average Bonchev–Trinajstić information content (AvgIpc) is 3.39. The first-order valence-corrected chi connectivity index (χ1v) is 14.1. The first-order chi connectivity index (χ1) is 15.8. The molecular formula is C23H29N3O5S2. The minimum absolute atomic E-state index is 0.0363. The SMILES string of the molecule is O=C(CNc1ccc(S(=O)(=O)N2CCCCC2)cc1)c1cccc(S(=O)(=O)N2CCCC2)c1. The summed E-state index contributed by atoms with van der Waals surface area (Å²) in [4.78, 5) is 13.0. The third-order valence-corrected chi connectivity index (χ3v) is 9.93. The Morgan fingerprint density at radius 3 is 1.88 bits per heavy atom. The van der Waals surface area contributed by atoms with Gasteiger partial charge in [0.1, 0.15) is 0 Å². The molecule has 0 bridgehead atoms. The fourth-order valence-electron chi connectivity index (χ4n) is 4.19. The number of hydrogen-bond donors (Lipinski definition) is 1. The molecule has 178 valence electrons. The first kappa shape index (κ1) is 23.9. The molecule has 1 N–H and O–H groups in total. The van der Waals surface area contributed by atoms with Crippen LogP contribution < -0.4 is 5.32 Å². The maximum Gasteiger partial charge on any atom is 0.243 e. The largest absolute Gasteiger partial charge is 0.378 e. The van der Waals surface area contributed by atoms with Crippen molar-refractivity contribution in [1.29, 1.82) is 0 Å². The highest BCUT2D eigenvalue weighted by Crippen LogP contribution is 2.23. The number of carbonyl (C=O) groups excluding carboxylic acids is 1. The Kier molecular flexibility index (Phi) is 7.18. The number of Topliss-reactive ketones (excluding diaryl/α,β-unsaturated/α-hetero) is 1. The van der Waals surface area contributed by atoms with E-state index < -0.39 is 20.0 Å². The van der Waals surface area contributed by atoms with E-state index in [1.165, 1.54) is 20.7 Å². The smallest absolute Gasteiger partial charge is 0.243 e. The van der Waals surface area contributed by atoms with E-state index >= 15 is 0 Å². The Hall–Kier alpha value is -2.27. The fourth-order valence-corrected chi connectivity index (χ4v) is 7.27. The molecule has 0 unspecified atom stereocenters. The number of nitrogens with zero attached hydrogens (tertiary/aromatic N) is 2. The predicted molar refractivity (Wildman–Crippen MR) is 126 cm³/mol. The van der Waals surface area contributed by atoms with Gasteiger partial charge in [0.15, 0.2) is 5.78 Å². The quantitative estimate of drug-likeness (QED) is 0.570. The fraction of sp³-hybridized carbons (Fsp3) is 0.435. The number of benzene rings is 2. The third-order valence-electron chi connectivity index (χ3n) is 6.12. The highest BCUT2D eigenvalue weighted by atomic mass is 32.2. The van der Waals surface area contributed by atoms with Crippen LogP contribution in [0.4, 0.5) is 5.69 Å². The van der Waals surface area contributed by atoms with E-state index in [1.54, 1.807) is 36.4 Å². The van der Waals surface area contributed by atoms with Gasteiger partial charge in [0, 0.05) is 37.4 Å². The molecule has 8 nitrogen and oxygen atoms in total. The zero-order chi connectivity index (χ0) is 23.5. The maximum absolute atomic E-state index is 12.8. The number of nitrogens with one attached hydrogen (secondary N) is 1. The van der Waals surface area contributed by atoms with Crippen molar-refractivity contribution in [2.24, 2.45) is 0 Å². The molecule has 2 aliphatic rings. The van der Waals surface area contributed by atoms with Crippen molar-refractivity contribution in [1.82, 2.24) is 8.61 Å². The summed E-state index contributed by atoms with van der Waals surface area (Å²) >= 11 is 0. The Bertz CT molecular complexity index is 1200. The van der Waals surface area contributed by atoms with E-state index in [2.05, 4.69) is 5.32 Å². The lowest BCUT2D eigenvalue weighted by atomic mass is 10.1. The molecular weight excluding hydrogens is 462 g/mol. The Balaban J connectivity index is 1.40. The number of ketones is 1. The Morgan fingerprint density at radius 2 is 1.27 bits per heavy atom. The molecule has 0 spiro atoms. The molecule has 4 rings (SSSR count). The van der Waals surface area contributed by atoms with Gasteiger partial charge in [-0.2, -0.15) is 8.61 Å². The average molecular weight is 492 g/mol. The van der Waals surface area contributed by atoms with Gasteiger partial charge in [-0.3, -0.25) is 4.79 Å². The topological polar surface area (TPSA) is 104 Å². The molecule has 0 saturated carbocycles. The lowest BCUT2D eigenvalue weighted by Crippen LogP contribution is -2.35. The summed E-state index contributed by atoms with van der Waals surface area (Å²) in [6.45, 7) is 2.06. The van der Waals surface area contributed by atoms with Gasteiger partial charge in [0.2, 0.25) is 20.0 Å². The van der Waals surface area contributed by atoms with Crippen molar-refractivity contribution in [3.63, 3.8) is 0 Å². The van der Waals surface area contributed by atoms with E-state index in [4.69, 9.17) is 0 Å². The molecule has 0 aliphatic carbocycles. The molecule has 2 fully saturated rings. The van der Waals surface area contributed by atoms with Crippen LogP contribution in [0.2, 0.25) is 0 Å². The summed E-state index contributed by atoms with van der Waals surface area (Å²) in [5, 5.41) is 3.00. The van der Waals surface area contributed by atoms with Gasteiger partial charge in [0.05, 0.1) is 16.3 Å². The highest BCUT2D eigenvalue weighted by Gasteiger charge is 2.28. The van der Waals surface area contributed by atoms with Gasteiger partial charge in [-0.05, 0) is 62.1 Å². The molecule has 0 atom stereocenters. The van der Waals surface area contributed by atoms with Gasteiger partial charge >= 0.3 is 0 Å². The van der Waals surface area contributed by atoms with E-state index in [0.717, 1.165) is 32.1 Å². The van der Waals surface area contributed by atoms with E-state index in [1.807, 2.05) is 0 Å². The van der Waals surface area contributed by atoms with Gasteiger partial charge in [-0.25, -0.2) is 16.8 Å². The van der Waals surface area contributed by atoms with E-state index in [0.29, 0.717) is 37.4 Å². The molecule has 0 amide bonds. The van der Waals surface area contributed by atoms with Crippen LogP contribution in [-0.4, -0.2) is 64.0 Å². The number of carbonyl (C=O) groups is 1. The molecule has 2 aliphatic heterocycles. The van der Waals surface area contributed by atoms with Crippen LogP contribution in [0.15, 0.2) is 58.3 Å². The molecule has 2 saturated heterocycles. The predicted octanol–water partition coefficient (Wildman–Crippen LogP) is 2.94. The van der Waals surface area contributed by atoms with Crippen molar-refractivity contribution < 1.29 is 21.6 Å². The molecule has 0 radical (unpaired) electrons. The monoisotopic (exact) mass is 491 g/mol. The second kappa shape index (κ2) is 9.92. The molecule has 33 heavy (non-hydrogen) atoms. The lowest BCUT2D eigenvalue weighted by molar-refractivity contribution is 0.101. The molecule has 0 aromatic heterocycles. The summed E-state index contributed by atoms with van der Waals surface area (Å²) in [5.74, 6) is -0.251. The summed E-state index contributed by atoms with van der Waals surface area (Å²) < 4.78 is 54.0. The summed E-state index contributed by atoms with van der Waals surface area (Å²) in [7, 11) is -7.09. The maximum atomic E-state index is 12.8. The van der Waals surface area contributed by atoms with Gasteiger partial charge in [0.25, 0.3) is 0 Å². The zero-order valence-electron chi connectivity index (χ0n) is 18.4. The summed E-state index contributed by atoms with van der Waals surface area (Å²) in [6.07, 6.45) is 4.50.